The summed E-state index contributed by atoms with van der Waals surface area (Å²) in [6.07, 6.45) is 0.865. The minimum absolute atomic E-state index is 0.0607. The van der Waals surface area contributed by atoms with Crippen LogP contribution in [-0.4, -0.2) is 30.6 Å². The fourth-order valence-corrected chi connectivity index (χ4v) is 2.64. The number of hydrogen-bond donors (Lipinski definition) is 0. The van der Waals surface area contributed by atoms with Gasteiger partial charge in [0, 0.05) is 18.6 Å². The van der Waals surface area contributed by atoms with Crippen molar-refractivity contribution in [3.05, 3.63) is 58.6 Å². The monoisotopic (exact) mass is 342 g/mol. The molecule has 1 heterocycles. The Balaban J connectivity index is 1.59. The lowest BCUT2D eigenvalue weighted by atomic mass is 10.2. The van der Waals surface area contributed by atoms with Crippen LogP contribution in [0.4, 0.5) is 11.4 Å². The van der Waals surface area contributed by atoms with Crippen molar-refractivity contribution in [2.45, 2.75) is 12.8 Å². The maximum absolute atomic E-state index is 12.5. The van der Waals surface area contributed by atoms with Crippen molar-refractivity contribution >= 4 is 17.3 Å². The molecule has 0 saturated heterocycles. The van der Waals surface area contributed by atoms with Gasteiger partial charge in [-0.2, -0.15) is 0 Å². The molecule has 2 aromatic carbocycles. The number of para-hydroxylation sites is 1. The Morgan fingerprint density at radius 1 is 1.24 bits per heavy atom. The van der Waals surface area contributed by atoms with E-state index in [9.17, 15) is 14.9 Å². The molecule has 0 bridgehead atoms. The number of ether oxygens (including phenoxy) is 2. The van der Waals surface area contributed by atoms with E-state index in [4.69, 9.17) is 9.47 Å². The van der Waals surface area contributed by atoms with E-state index < -0.39 is 4.92 Å². The number of benzene rings is 2. The smallest absolute Gasteiger partial charge is 0.271 e. The summed E-state index contributed by atoms with van der Waals surface area (Å²) in [5.74, 6) is 1.16. The van der Waals surface area contributed by atoms with E-state index in [1.807, 2.05) is 30.3 Å². The minimum Gasteiger partial charge on any atom is -0.494 e. The quantitative estimate of drug-likeness (QED) is 0.457. The van der Waals surface area contributed by atoms with Crippen LogP contribution < -0.4 is 14.4 Å². The number of amides is 1. The molecule has 0 aliphatic carbocycles. The number of nitro benzene ring substituents is 1. The molecule has 0 spiro atoms. The van der Waals surface area contributed by atoms with Gasteiger partial charge in [0.05, 0.1) is 23.8 Å². The van der Waals surface area contributed by atoms with E-state index in [-0.39, 0.29) is 11.6 Å². The highest BCUT2D eigenvalue weighted by atomic mass is 16.6. The zero-order valence-corrected chi connectivity index (χ0v) is 13.6. The first-order valence-corrected chi connectivity index (χ1v) is 8.04. The van der Waals surface area contributed by atoms with Crippen LogP contribution in [-0.2, 0) is 4.79 Å². The van der Waals surface area contributed by atoms with E-state index in [1.165, 1.54) is 18.2 Å². The van der Waals surface area contributed by atoms with Crippen molar-refractivity contribution in [1.29, 1.82) is 0 Å². The highest BCUT2D eigenvalue weighted by Gasteiger charge is 2.25. The molecule has 3 rings (SSSR count). The standard InChI is InChI=1S/C18H18N2O5/c21-18(7-4-11-24-15-5-2-1-3-6-15)19-10-12-25-17-9-8-14(20(22)23)13-16(17)19/h1-3,5-6,8-9,13H,4,7,10-12H2. The first-order chi connectivity index (χ1) is 12.1. The SMILES string of the molecule is O=C(CCCOc1ccccc1)N1CCOc2ccc([N+](=O)[O-])cc21. The van der Waals surface area contributed by atoms with Crippen LogP contribution in [0.3, 0.4) is 0 Å². The van der Waals surface area contributed by atoms with Gasteiger partial charge < -0.3 is 14.4 Å². The molecular formula is C18H18N2O5. The van der Waals surface area contributed by atoms with Crippen LogP contribution in [0.15, 0.2) is 48.5 Å². The van der Waals surface area contributed by atoms with Gasteiger partial charge in [-0.25, -0.2) is 0 Å². The van der Waals surface area contributed by atoms with E-state index in [0.29, 0.717) is 44.0 Å². The van der Waals surface area contributed by atoms with Gasteiger partial charge in [-0.05, 0) is 24.6 Å². The lowest BCUT2D eigenvalue weighted by molar-refractivity contribution is -0.384. The van der Waals surface area contributed by atoms with E-state index in [2.05, 4.69) is 0 Å². The lowest BCUT2D eigenvalue weighted by Gasteiger charge is -2.29. The molecule has 1 aliphatic heterocycles. The Labute approximate surface area is 144 Å². The Morgan fingerprint density at radius 3 is 2.80 bits per heavy atom. The molecular weight excluding hydrogens is 324 g/mol. The molecule has 7 heteroatoms. The second-order valence-electron chi connectivity index (χ2n) is 5.57. The van der Waals surface area contributed by atoms with Crippen molar-refractivity contribution in [3.8, 4) is 11.5 Å². The third-order valence-corrected chi connectivity index (χ3v) is 3.86. The summed E-state index contributed by atoms with van der Waals surface area (Å²) in [6, 6.07) is 13.7. The van der Waals surface area contributed by atoms with Crippen LogP contribution in [0.2, 0.25) is 0 Å². The Kier molecular flexibility index (Phi) is 5.13. The molecule has 0 aromatic heterocycles. The number of nitro groups is 1. The summed E-state index contributed by atoms with van der Waals surface area (Å²) in [4.78, 5) is 24.5. The normalized spacial score (nSPS) is 12.9. The number of fused-ring (bicyclic) bond motifs is 1. The molecule has 0 radical (unpaired) electrons. The summed E-state index contributed by atoms with van der Waals surface area (Å²) in [5.41, 5.74) is 0.392. The van der Waals surface area contributed by atoms with Crippen molar-refractivity contribution in [2.75, 3.05) is 24.7 Å². The van der Waals surface area contributed by atoms with Gasteiger partial charge >= 0.3 is 0 Å². The van der Waals surface area contributed by atoms with Gasteiger partial charge in [-0.3, -0.25) is 14.9 Å². The first-order valence-electron chi connectivity index (χ1n) is 8.04. The minimum atomic E-state index is -0.481. The first kappa shape index (κ1) is 16.8. The summed E-state index contributed by atoms with van der Waals surface area (Å²) in [5, 5.41) is 11.0. The largest absolute Gasteiger partial charge is 0.494 e. The number of hydrogen-bond acceptors (Lipinski definition) is 5. The summed E-state index contributed by atoms with van der Waals surface area (Å²) < 4.78 is 11.1. The van der Waals surface area contributed by atoms with E-state index in [0.717, 1.165) is 5.75 Å². The maximum Gasteiger partial charge on any atom is 0.271 e. The fourth-order valence-electron chi connectivity index (χ4n) is 2.64. The highest BCUT2D eigenvalue weighted by molar-refractivity contribution is 5.95. The predicted molar refractivity (Wildman–Crippen MR) is 92.1 cm³/mol. The molecule has 0 fully saturated rings. The van der Waals surface area contributed by atoms with Gasteiger partial charge in [-0.1, -0.05) is 18.2 Å². The molecule has 1 aliphatic rings. The van der Waals surface area contributed by atoms with Crippen LogP contribution in [0.25, 0.3) is 0 Å². The third kappa shape index (κ3) is 4.06. The van der Waals surface area contributed by atoms with Gasteiger partial charge in [0.2, 0.25) is 5.91 Å². The summed E-state index contributed by atoms with van der Waals surface area (Å²) >= 11 is 0. The Hall–Kier alpha value is -3.09. The van der Waals surface area contributed by atoms with Crippen LogP contribution >= 0.6 is 0 Å². The molecule has 130 valence electrons. The van der Waals surface area contributed by atoms with E-state index in [1.54, 1.807) is 4.90 Å². The maximum atomic E-state index is 12.5. The average Bonchev–Trinajstić information content (AvgIpc) is 2.65. The lowest BCUT2D eigenvalue weighted by Crippen LogP contribution is -2.38. The molecule has 1 amide bonds. The van der Waals surface area contributed by atoms with Crippen molar-refractivity contribution in [2.24, 2.45) is 0 Å². The fraction of sp³-hybridized carbons (Fsp3) is 0.278. The van der Waals surface area contributed by atoms with Crippen molar-refractivity contribution < 1.29 is 19.2 Å². The number of anilines is 1. The van der Waals surface area contributed by atoms with Crippen LogP contribution in [0.1, 0.15) is 12.8 Å². The topological polar surface area (TPSA) is 81.9 Å². The zero-order chi connectivity index (χ0) is 17.6. The molecule has 7 nitrogen and oxygen atoms in total. The number of carbonyl (C=O) groups is 1. The second kappa shape index (κ2) is 7.65. The molecule has 0 atom stereocenters. The molecule has 25 heavy (non-hydrogen) atoms. The average molecular weight is 342 g/mol. The third-order valence-electron chi connectivity index (χ3n) is 3.86. The van der Waals surface area contributed by atoms with Gasteiger partial charge in [0.1, 0.15) is 18.1 Å². The molecule has 0 N–H and O–H groups in total. The highest BCUT2D eigenvalue weighted by Crippen LogP contribution is 2.35. The Bertz CT molecular complexity index is 763. The summed E-state index contributed by atoms with van der Waals surface area (Å²) in [6.45, 7) is 1.19. The zero-order valence-electron chi connectivity index (χ0n) is 13.6. The van der Waals surface area contributed by atoms with Crippen molar-refractivity contribution in [3.63, 3.8) is 0 Å². The van der Waals surface area contributed by atoms with Crippen LogP contribution in [0.5, 0.6) is 11.5 Å². The van der Waals surface area contributed by atoms with E-state index >= 15 is 0 Å². The Morgan fingerprint density at radius 2 is 2.04 bits per heavy atom. The molecule has 0 unspecified atom stereocenters. The number of non-ortho nitro benzene ring substituents is 1. The predicted octanol–water partition coefficient (Wildman–Crippen LogP) is 3.18. The van der Waals surface area contributed by atoms with Gasteiger partial charge in [-0.15, -0.1) is 0 Å². The van der Waals surface area contributed by atoms with Gasteiger partial charge in [0.25, 0.3) is 5.69 Å². The summed E-state index contributed by atoms with van der Waals surface area (Å²) in [7, 11) is 0. The van der Waals surface area contributed by atoms with Crippen molar-refractivity contribution in [1.82, 2.24) is 0 Å². The van der Waals surface area contributed by atoms with Crippen LogP contribution in [0, 0.1) is 10.1 Å². The molecule has 0 saturated carbocycles. The second-order valence-corrected chi connectivity index (χ2v) is 5.57. The number of nitrogens with zero attached hydrogens (tertiary/aromatic N) is 2. The van der Waals surface area contributed by atoms with Gasteiger partial charge in [0.15, 0.2) is 0 Å². The number of carbonyl (C=O) groups excluding carboxylic acids is 1. The molecule has 2 aromatic rings. The number of rotatable bonds is 6.